The van der Waals surface area contributed by atoms with E-state index in [4.69, 9.17) is 11.6 Å². The number of aromatic nitrogens is 2. The van der Waals surface area contributed by atoms with Crippen LogP contribution in [0.25, 0.3) is 21.3 Å². The molecule has 0 fully saturated rings. The first kappa shape index (κ1) is 9.75. The molecule has 0 N–H and O–H groups in total. The molecule has 16 heavy (non-hydrogen) atoms. The van der Waals surface area contributed by atoms with Crippen LogP contribution in [0.2, 0.25) is 4.47 Å². The van der Waals surface area contributed by atoms with Gasteiger partial charge >= 0.3 is 0 Å². The summed E-state index contributed by atoms with van der Waals surface area (Å²) in [5, 5.41) is 11.1. The van der Waals surface area contributed by atoms with E-state index in [0.29, 0.717) is 4.47 Å². The average Bonchev–Trinajstić information content (AvgIpc) is 2.75. The van der Waals surface area contributed by atoms with E-state index in [1.165, 1.54) is 22.1 Å². The third-order valence-electron chi connectivity index (χ3n) is 2.40. The quantitative estimate of drug-likeness (QED) is 0.648. The molecule has 2 aromatic carbocycles. The molecule has 4 heteroatoms. The second-order valence-electron chi connectivity index (χ2n) is 3.42. The second kappa shape index (κ2) is 3.85. The number of hydrogen-bond donors (Lipinski definition) is 0. The summed E-state index contributed by atoms with van der Waals surface area (Å²) in [4.78, 5) is 0. The van der Waals surface area contributed by atoms with Crippen LogP contribution in [-0.2, 0) is 0 Å². The van der Waals surface area contributed by atoms with Crippen LogP contribution in [0.5, 0.6) is 0 Å². The first-order chi connectivity index (χ1) is 7.83. The Morgan fingerprint density at radius 2 is 1.75 bits per heavy atom. The van der Waals surface area contributed by atoms with Crippen LogP contribution >= 0.6 is 22.9 Å². The molecule has 0 aliphatic heterocycles. The summed E-state index contributed by atoms with van der Waals surface area (Å²) in [5.74, 6) is 0. The number of hydrogen-bond acceptors (Lipinski definition) is 3. The minimum Gasteiger partial charge on any atom is -0.137 e. The van der Waals surface area contributed by atoms with Crippen LogP contribution in [0.4, 0.5) is 0 Å². The van der Waals surface area contributed by atoms with Gasteiger partial charge in [0.1, 0.15) is 5.01 Å². The van der Waals surface area contributed by atoms with Crippen LogP contribution in [0.15, 0.2) is 42.5 Å². The SMILES string of the molecule is Clc1nnc(-c2ccc3ccccc3c2)s1. The van der Waals surface area contributed by atoms with Crippen molar-refractivity contribution in [3.63, 3.8) is 0 Å². The summed E-state index contributed by atoms with van der Waals surface area (Å²) in [6.45, 7) is 0. The predicted octanol–water partition coefficient (Wildman–Crippen LogP) is 4.01. The molecule has 0 atom stereocenters. The zero-order valence-electron chi connectivity index (χ0n) is 8.22. The highest BCUT2D eigenvalue weighted by molar-refractivity contribution is 7.18. The molecule has 0 unspecified atom stereocenters. The summed E-state index contributed by atoms with van der Waals surface area (Å²) >= 11 is 7.17. The third-order valence-corrected chi connectivity index (χ3v) is 3.46. The number of halogens is 1. The molecule has 78 valence electrons. The number of nitrogens with zero attached hydrogens (tertiary/aromatic N) is 2. The minimum absolute atomic E-state index is 0.475. The first-order valence-electron chi connectivity index (χ1n) is 4.81. The largest absolute Gasteiger partial charge is 0.207 e. The molecule has 0 saturated heterocycles. The lowest BCUT2D eigenvalue weighted by atomic mass is 10.1. The lowest BCUT2D eigenvalue weighted by Gasteiger charge is -1.99. The van der Waals surface area contributed by atoms with E-state index < -0.39 is 0 Å². The Morgan fingerprint density at radius 1 is 0.938 bits per heavy atom. The van der Waals surface area contributed by atoms with Gasteiger partial charge in [-0.25, -0.2) is 0 Å². The van der Waals surface area contributed by atoms with Gasteiger partial charge in [-0.3, -0.25) is 0 Å². The molecule has 1 heterocycles. The fourth-order valence-corrected chi connectivity index (χ4v) is 2.47. The Bertz CT molecular complexity index is 648. The van der Waals surface area contributed by atoms with Gasteiger partial charge < -0.3 is 0 Å². The molecule has 0 radical (unpaired) electrons. The molecule has 0 amide bonds. The Morgan fingerprint density at radius 3 is 2.50 bits per heavy atom. The van der Waals surface area contributed by atoms with Crippen molar-refractivity contribution in [3.8, 4) is 10.6 Å². The summed E-state index contributed by atoms with van der Waals surface area (Å²) in [6.07, 6.45) is 0. The smallest absolute Gasteiger partial charge is 0.137 e. The lowest BCUT2D eigenvalue weighted by molar-refractivity contribution is 1.10. The fraction of sp³-hybridized carbons (Fsp3) is 0. The minimum atomic E-state index is 0.475. The zero-order valence-corrected chi connectivity index (χ0v) is 9.79. The number of fused-ring (bicyclic) bond motifs is 1. The first-order valence-corrected chi connectivity index (χ1v) is 6.00. The highest BCUT2D eigenvalue weighted by Crippen LogP contribution is 2.28. The van der Waals surface area contributed by atoms with Crippen molar-refractivity contribution in [2.24, 2.45) is 0 Å². The average molecular weight is 247 g/mol. The Balaban J connectivity index is 2.18. The van der Waals surface area contributed by atoms with Crippen molar-refractivity contribution in [1.29, 1.82) is 0 Å². The summed E-state index contributed by atoms with van der Waals surface area (Å²) in [5.41, 5.74) is 1.06. The van der Waals surface area contributed by atoms with E-state index in [0.717, 1.165) is 10.6 Å². The van der Waals surface area contributed by atoms with Crippen LogP contribution in [0.1, 0.15) is 0 Å². The fourth-order valence-electron chi connectivity index (χ4n) is 1.64. The van der Waals surface area contributed by atoms with Crippen molar-refractivity contribution >= 4 is 33.7 Å². The van der Waals surface area contributed by atoms with E-state index in [2.05, 4.69) is 34.5 Å². The van der Waals surface area contributed by atoms with Crippen LogP contribution in [0, 0.1) is 0 Å². The normalized spacial score (nSPS) is 10.8. The van der Waals surface area contributed by atoms with Gasteiger partial charge in [-0.15, -0.1) is 10.2 Å². The van der Waals surface area contributed by atoms with Gasteiger partial charge in [0.2, 0.25) is 4.47 Å². The van der Waals surface area contributed by atoms with Gasteiger partial charge in [0.15, 0.2) is 0 Å². The highest BCUT2D eigenvalue weighted by atomic mass is 35.5. The monoisotopic (exact) mass is 246 g/mol. The molecule has 3 aromatic rings. The molecule has 1 aromatic heterocycles. The topological polar surface area (TPSA) is 25.8 Å². The zero-order chi connectivity index (χ0) is 11.0. The summed E-state index contributed by atoms with van der Waals surface area (Å²) in [6, 6.07) is 14.5. The molecule has 3 rings (SSSR count). The van der Waals surface area contributed by atoms with Crippen molar-refractivity contribution in [2.75, 3.05) is 0 Å². The summed E-state index contributed by atoms with van der Waals surface area (Å²) in [7, 11) is 0. The van der Waals surface area contributed by atoms with E-state index in [9.17, 15) is 0 Å². The molecule has 0 aliphatic rings. The lowest BCUT2D eigenvalue weighted by Crippen LogP contribution is -1.78. The maximum atomic E-state index is 5.77. The number of benzene rings is 2. The maximum Gasteiger partial charge on any atom is 0.207 e. The molecule has 0 spiro atoms. The molecule has 0 aliphatic carbocycles. The van der Waals surface area contributed by atoms with Gasteiger partial charge in [0.25, 0.3) is 0 Å². The van der Waals surface area contributed by atoms with E-state index in [1.54, 1.807) is 0 Å². The van der Waals surface area contributed by atoms with Crippen molar-refractivity contribution in [1.82, 2.24) is 10.2 Å². The van der Waals surface area contributed by atoms with Crippen molar-refractivity contribution in [2.45, 2.75) is 0 Å². The van der Waals surface area contributed by atoms with Gasteiger partial charge in [-0.05, 0) is 28.4 Å². The van der Waals surface area contributed by atoms with E-state index in [1.807, 2.05) is 18.2 Å². The van der Waals surface area contributed by atoms with Gasteiger partial charge in [-0.1, -0.05) is 47.7 Å². The van der Waals surface area contributed by atoms with Crippen molar-refractivity contribution in [3.05, 3.63) is 46.9 Å². The maximum absolute atomic E-state index is 5.77. The van der Waals surface area contributed by atoms with Crippen LogP contribution in [-0.4, -0.2) is 10.2 Å². The van der Waals surface area contributed by atoms with E-state index >= 15 is 0 Å². The molecule has 0 bridgehead atoms. The third kappa shape index (κ3) is 1.68. The standard InChI is InChI=1S/C12H7ClN2S/c13-12-15-14-11(16-12)10-6-5-8-3-1-2-4-9(8)7-10/h1-7H. The van der Waals surface area contributed by atoms with Gasteiger partial charge in [0, 0.05) is 5.56 Å². The Kier molecular flexibility index (Phi) is 2.35. The van der Waals surface area contributed by atoms with Crippen LogP contribution < -0.4 is 0 Å². The second-order valence-corrected chi connectivity index (χ2v) is 4.98. The predicted molar refractivity (Wildman–Crippen MR) is 67.9 cm³/mol. The van der Waals surface area contributed by atoms with E-state index in [-0.39, 0.29) is 0 Å². The molecular formula is C12H7ClN2S. The van der Waals surface area contributed by atoms with Gasteiger partial charge in [0.05, 0.1) is 0 Å². The van der Waals surface area contributed by atoms with Gasteiger partial charge in [-0.2, -0.15) is 0 Å². The number of rotatable bonds is 1. The molecule has 2 nitrogen and oxygen atoms in total. The van der Waals surface area contributed by atoms with Crippen LogP contribution in [0.3, 0.4) is 0 Å². The Hall–Kier alpha value is -1.45. The molecule has 0 saturated carbocycles. The van der Waals surface area contributed by atoms with Crippen molar-refractivity contribution < 1.29 is 0 Å². The Labute approximate surface area is 102 Å². The molecular weight excluding hydrogens is 240 g/mol. The summed E-state index contributed by atoms with van der Waals surface area (Å²) < 4.78 is 0.475. The highest BCUT2D eigenvalue weighted by Gasteiger charge is 2.05.